The molecule has 1 fully saturated rings. The average molecular weight is 444 g/mol. The van der Waals surface area contributed by atoms with Crippen molar-refractivity contribution < 1.29 is 28.7 Å². The first-order valence-electron chi connectivity index (χ1n) is 10.9. The molecule has 1 aromatic carbocycles. The Bertz CT molecular complexity index is 931. The van der Waals surface area contributed by atoms with Gasteiger partial charge in [-0.3, -0.25) is 34.2 Å². The fraction of sp³-hybridized carbons (Fsp3) is 0.500. The van der Waals surface area contributed by atoms with E-state index in [-0.39, 0.29) is 29.7 Å². The van der Waals surface area contributed by atoms with Gasteiger partial charge in [0.15, 0.2) is 6.10 Å². The van der Waals surface area contributed by atoms with Crippen LogP contribution < -0.4 is 21.5 Å². The Morgan fingerprint density at radius 3 is 2.59 bits per heavy atom. The van der Waals surface area contributed by atoms with Crippen molar-refractivity contribution in [2.75, 3.05) is 6.54 Å². The molecule has 1 aromatic rings. The Balaban J connectivity index is 1.80. The van der Waals surface area contributed by atoms with Gasteiger partial charge < -0.3 is 16.2 Å². The predicted molar refractivity (Wildman–Crippen MR) is 113 cm³/mol. The number of nitrogens with one attached hydrogen (secondary N) is 1. The minimum absolute atomic E-state index is 0.00439. The highest BCUT2D eigenvalue weighted by molar-refractivity contribution is 6.24. The van der Waals surface area contributed by atoms with Gasteiger partial charge in [0.1, 0.15) is 11.8 Å². The number of rotatable bonds is 10. The van der Waals surface area contributed by atoms with E-state index >= 15 is 0 Å². The lowest BCUT2D eigenvalue weighted by molar-refractivity contribution is -0.131. The van der Waals surface area contributed by atoms with Crippen LogP contribution in [-0.4, -0.2) is 53.1 Å². The number of imide groups is 2. The van der Waals surface area contributed by atoms with E-state index in [1.807, 2.05) is 0 Å². The SMILES string of the molecule is NCCCCCCC(Oc1cccc2c1C(=O)N(C1CCCC(=O)NC1=O)C2=O)C(N)=O. The molecule has 10 nitrogen and oxygen atoms in total. The number of ether oxygens (including phenoxy) is 1. The number of carbonyl (C=O) groups excluding carboxylic acids is 5. The molecule has 10 heteroatoms. The maximum Gasteiger partial charge on any atom is 0.266 e. The second kappa shape index (κ2) is 10.4. The van der Waals surface area contributed by atoms with Gasteiger partial charge >= 0.3 is 0 Å². The van der Waals surface area contributed by atoms with Crippen molar-refractivity contribution in [3.05, 3.63) is 29.3 Å². The zero-order chi connectivity index (χ0) is 23.3. The summed E-state index contributed by atoms with van der Waals surface area (Å²) in [5.41, 5.74) is 11.1. The van der Waals surface area contributed by atoms with Gasteiger partial charge in [0.05, 0.1) is 11.1 Å². The largest absolute Gasteiger partial charge is 0.480 e. The highest BCUT2D eigenvalue weighted by Gasteiger charge is 2.45. The minimum atomic E-state index is -1.09. The Kier molecular flexibility index (Phi) is 7.57. The molecule has 5 N–H and O–H groups in total. The van der Waals surface area contributed by atoms with E-state index in [0.717, 1.165) is 24.2 Å². The molecule has 3 rings (SSSR count). The van der Waals surface area contributed by atoms with E-state index < -0.39 is 41.7 Å². The van der Waals surface area contributed by atoms with Crippen molar-refractivity contribution >= 4 is 29.5 Å². The summed E-state index contributed by atoms with van der Waals surface area (Å²) >= 11 is 0. The second-order valence-electron chi connectivity index (χ2n) is 7.98. The lowest BCUT2D eigenvalue weighted by Gasteiger charge is -2.23. The summed E-state index contributed by atoms with van der Waals surface area (Å²) in [6, 6.07) is 3.41. The fourth-order valence-electron chi connectivity index (χ4n) is 4.01. The van der Waals surface area contributed by atoms with Crippen LogP contribution in [0.15, 0.2) is 18.2 Å². The standard InChI is InChI=1S/C22H28N4O6/c23-12-4-2-1-3-9-16(19(24)28)32-15-10-5-7-13-18(15)22(31)26(21(13)30)14-8-6-11-17(27)25-20(14)29/h5,7,10,14,16H,1-4,6,8-9,11-12,23H2,(H2,24,28)(H,25,27,29). The molecular weight excluding hydrogens is 416 g/mol. The molecule has 2 aliphatic heterocycles. The Morgan fingerprint density at radius 1 is 1.12 bits per heavy atom. The summed E-state index contributed by atoms with van der Waals surface area (Å²) in [6.07, 6.45) is 3.47. The molecule has 32 heavy (non-hydrogen) atoms. The smallest absolute Gasteiger partial charge is 0.266 e. The van der Waals surface area contributed by atoms with E-state index in [9.17, 15) is 24.0 Å². The molecule has 0 radical (unpaired) electrons. The fourth-order valence-corrected chi connectivity index (χ4v) is 4.01. The van der Waals surface area contributed by atoms with Gasteiger partial charge in [-0.05, 0) is 50.8 Å². The van der Waals surface area contributed by atoms with Gasteiger partial charge in [0, 0.05) is 6.42 Å². The van der Waals surface area contributed by atoms with E-state index in [0.29, 0.717) is 25.8 Å². The van der Waals surface area contributed by atoms with Crippen LogP contribution in [0.5, 0.6) is 5.75 Å². The number of nitrogens with zero attached hydrogens (tertiary/aromatic N) is 1. The molecule has 1 saturated heterocycles. The number of primary amides is 1. The normalized spacial score (nSPS) is 19.4. The van der Waals surface area contributed by atoms with Crippen molar-refractivity contribution in [1.82, 2.24) is 10.2 Å². The Hall–Kier alpha value is -3.27. The first-order chi connectivity index (χ1) is 15.3. The van der Waals surface area contributed by atoms with Gasteiger partial charge in [-0.15, -0.1) is 0 Å². The zero-order valence-electron chi connectivity index (χ0n) is 17.8. The lowest BCUT2D eigenvalue weighted by atomic mass is 10.1. The van der Waals surface area contributed by atoms with E-state index in [2.05, 4.69) is 5.32 Å². The summed E-state index contributed by atoms with van der Waals surface area (Å²) < 4.78 is 5.79. The first kappa shape index (κ1) is 23.4. The third kappa shape index (κ3) is 4.96. The van der Waals surface area contributed by atoms with E-state index in [1.54, 1.807) is 6.07 Å². The molecule has 0 bridgehead atoms. The number of nitrogens with two attached hydrogens (primary N) is 2. The van der Waals surface area contributed by atoms with Crippen molar-refractivity contribution in [2.24, 2.45) is 11.5 Å². The number of benzene rings is 1. The molecule has 2 heterocycles. The predicted octanol–water partition coefficient (Wildman–Crippen LogP) is 0.620. The van der Waals surface area contributed by atoms with Crippen LogP contribution in [-0.2, 0) is 14.4 Å². The number of unbranched alkanes of at least 4 members (excludes halogenated alkanes) is 3. The summed E-state index contributed by atoms with van der Waals surface area (Å²) in [7, 11) is 0. The van der Waals surface area contributed by atoms with Gasteiger partial charge in [-0.2, -0.15) is 0 Å². The molecule has 2 unspecified atom stereocenters. The molecular formula is C22H28N4O6. The average Bonchev–Trinajstić information content (AvgIpc) is 2.88. The van der Waals surface area contributed by atoms with E-state index in [4.69, 9.17) is 16.2 Å². The Morgan fingerprint density at radius 2 is 1.88 bits per heavy atom. The summed E-state index contributed by atoms with van der Waals surface area (Å²) in [4.78, 5) is 63.0. The van der Waals surface area contributed by atoms with Crippen LogP contribution in [0.2, 0.25) is 0 Å². The molecule has 2 atom stereocenters. The number of hydrogen-bond donors (Lipinski definition) is 3. The molecule has 0 aliphatic carbocycles. The molecule has 2 aliphatic rings. The monoisotopic (exact) mass is 444 g/mol. The second-order valence-corrected chi connectivity index (χ2v) is 7.98. The minimum Gasteiger partial charge on any atom is -0.480 e. The van der Waals surface area contributed by atoms with Crippen LogP contribution in [0.1, 0.15) is 72.1 Å². The molecule has 0 spiro atoms. The number of amides is 5. The van der Waals surface area contributed by atoms with Crippen molar-refractivity contribution in [3.63, 3.8) is 0 Å². The van der Waals surface area contributed by atoms with Crippen molar-refractivity contribution in [3.8, 4) is 5.75 Å². The Labute approximate surface area is 185 Å². The van der Waals surface area contributed by atoms with Crippen LogP contribution in [0.4, 0.5) is 0 Å². The van der Waals surface area contributed by atoms with Gasteiger partial charge in [-0.1, -0.05) is 18.9 Å². The van der Waals surface area contributed by atoms with Crippen LogP contribution in [0, 0.1) is 0 Å². The maximum absolute atomic E-state index is 13.2. The summed E-state index contributed by atoms with van der Waals surface area (Å²) in [5, 5.41) is 2.21. The molecule has 172 valence electrons. The first-order valence-corrected chi connectivity index (χ1v) is 10.9. The van der Waals surface area contributed by atoms with E-state index in [1.165, 1.54) is 12.1 Å². The molecule has 0 aromatic heterocycles. The van der Waals surface area contributed by atoms with Crippen molar-refractivity contribution in [1.29, 1.82) is 0 Å². The number of hydrogen-bond acceptors (Lipinski definition) is 7. The third-order valence-corrected chi connectivity index (χ3v) is 5.67. The zero-order valence-corrected chi connectivity index (χ0v) is 17.8. The third-order valence-electron chi connectivity index (χ3n) is 5.67. The number of fused-ring (bicyclic) bond motifs is 1. The highest BCUT2D eigenvalue weighted by Crippen LogP contribution is 2.34. The topological polar surface area (TPSA) is 162 Å². The summed E-state index contributed by atoms with van der Waals surface area (Å²) in [6.45, 7) is 0.603. The number of carbonyl (C=O) groups is 5. The quantitative estimate of drug-likeness (QED) is 0.352. The van der Waals surface area contributed by atoms with Crippen LogP contribution >= 0.6 is 0 Å². The van der Waals surface area contributed by atoms with Crippen LogP contribution in [0.25, 0.3) is 0 Å². The molecule has 0 saturated carbocycles. The summed E-state index contributed by atoms with van der Waals surface area (Å²) in [5.74, 6) is -3.05. The van der Waals surface area contributed by atoms with Gasteiger partial charge in [-0.25, -0.2) is 0 Å². The van der Waals surface area contributed by atoms with Crippen LogP contribution in [0.3, 0.4) is 0 Å². The molecule has 5 amide bonds. The lowest BCUT2D eigenvalue weighted by Crippen LogP contribution is -2.49. The maximum atomic E-state index is 13.2. The van der Waals surface area contributed by atoms with Gasteiger partial charge in [0.25, 0.3) is 17.7 Å². The highest BCUT2D eigenvalue weighted by atomic mass is 16.5. The van der Waals surface area contributed by atoms with Crippen molar-refractivity contribution in [2.45, 2.75) is 63.5 Å². The van der Waals surface area contributed by atoms with Gasteiger partial charge in [0.2, 0.25) is 11.8 Å².